The van der Waals surface area contributed by atoms with Crippen molar-refractivity contribution >= 4 is 51.2 Å². The Kier molecular flexibility index (Phi) is 6.19. The van der Waals surface area contributed by atoms with Crippen LogP contribution < -0.4 is 9.47 Å². The molecular weight excluding hydrogens is 468 g/mol. The molecule has 0 fully saturated rings. The Morgan fingerprint density at radius 3 is 2.76 bits per heavy atom. The average Bonchev–Trinajstić information content (AvgIpc) is 3.04. The van der Waals surface area contributed by atoms with Gasteiger partial charge in [0, 0.05) is 11.6 Å². The topological polar surface area (TPSA) is 100 Å². The SMILES string of the molecule is CCOc1c(Br)cc(C=C2N=C(c3ccc(Cl)c([N+](=O)[O-])c3)OC2=O)cc1OC. The quantitative estimate of drug-likeness (QED) is 0.255. The smallest absolute Gasteiger partial charge is 0.363 e. The predicted molar refractivity (Wildman–Crippen MR) is 111 cm³/mol. The van der Waals surface area contributed by atoms with Crippen molar-refractivity contribution in [3.8, 4) is 11.5 Å². The first-order valence-electron chi connectivity index (χ1n) is 8.31. The Hall–Kier alpha value is -2.91. The van der Waals surface area contributed by atoms with Crippen LogP contribution in [0.15, 0.2) is 45.5 Å². The monoisotopic (exact) mass is 480 g/mol. The van der Waals surface area contributed by atoms with Gasteiger partial charge in [-0.3, -0.25) is 10.1 Å². The van der Waals surface area contributed by atoms with Crippen molar-refractivity contribution in [1.82, 2.24) is 0 Å². The van der Waals surface area contributed by atoms with Gasteiger partial charge in [-0.05, 0) is 58.8 Å². The Bertz CT molecular complexity index is 1070. The summed E-state index contributed by atoms with van der Waals surface area (Å²) in [5.74, 6) is 0.306. The lowest BCUT2D eigenvalue weighted by atomic mass is 10.1. The number of nitro groups is 1. The number of carbonyl (C=O) groups is 1. The zero-order valence-electron chi connectivity index (χ0n) is 15.3. The van der Waals surface area contributed by atoms with Gasteiger partial charge in [0.1, 0.15) is 5.02 Å². The molecule has 2 aromatic rings. The number of ether oxygens (including phenoxy) is 3. The molecule has 0 radical (unpaired) electrons. The van der Waals surface area contributed by atoms with Crippen molar-refractivity contribution in [2.24, 2.45) is 4.99 Å². The average molecular weight is 482 g/mol. The van der Waals surface area contributed by atoms with Crippen LogP contribution in [-0.2, 0) is 9.53 Å². The predicted octanol–water partition coefficient (Wildman–Crippen LogP) is 4.76. The van der Waals surface area contributed by atoms with Crippen molar-refractivity contribution in [2.45, 2.75) is 6.92 Å². The largest absolute Gasteiger partial charge is 0.493 e. The molecule has 0 aliphatic carbocycles. The molecule has 0 N–H and O–H groups in total. The zero-order chi connectivity index (χ0) is 21.1. The van der Waals surface area contributed by atoms with E-state index in [-0.39, 0.29) is 27.9 Å². The van der Waals surface area contributed by atoms with Gasteiger partial charge in [-0.1, -0.05) is 11.6 Å². The summed E-state index contributed by atoms with van der Waals surface area (Å²) in [5, 5.41) is 11.0. The van der Waals surface area contributed by atoms with E-state index in [1.54, 1.807) is 12.1 Å². The lowest BCUT2D eigenvalue weighted by Gasteiger charge is -2.12. The molecule has 3 rings (SSSR count). The highest BCUT2D eigenvalue weighted by Crippen LogP contribution is 2.37. The Morgan fingerprint density at radius 2 is 2.10 bits per heavy atom. The lowest BCUT2D eigenvalue weighted by molar-refractivity contribution is -0.384. The summed E-state index contributed by atoms with van der Waals surface area (Å²) in [6, 6.07) is 7.47. The van der Waals surface area contributed by atoms with Crippen LogP contribution in [0.5, 0.6) is 11.5 Å². The van der Waals surface area contributed by atoms with Crippen LogP contribution in [0.1, 0.15) is 18.1 Å². The van der Waals surface area contributed by atoms with Gasteiger partial charge in [0.15, 0.2) is 17.2 Å². The minimum Gasteiger partial charge on any atom is -0.493 e. The number of hydrogen-bond acceptors (Lipinski definition) is 7. The fourth-order valence-electron chi connectivity index (χ4n) is 2.58. The van der Waals surface area contributed by atoms with Crippen LogP contribution in [0.4, 0.5) is 5.69 Å². The number of aliphatic imine (C=N–C) groups is 1. The molecule has 0 unspecified atom stereocenters. The minimum absolute atomic E-state index is 0.0224. The molecule has 1 heterocycles. The van der Waals surface area contributed by atoms with Gasteiger partial charge in [-0.2, -0.15) is 0 Å². The van der Waals surface area contributed by atoms with Gasteiger partial charge in [0.2, 0.25) is 5.90 Å². The number of nitrogens with zero attached hydrogens (tertiary/aromatic N) is 2. The van der Waals surface area contributed by atoms with Gasteiger partial charge in [-0.25, -0.2) is 9.79 Å². The third kappa shape index (κ3) is 4.41. The number of halogens is 2. The molecular formula is C19H14BrClN2O6. The molecule has 29 heavy (non-hydrogen) atoms. The zero-order valence-corrected chi connectivity index (χ0v) is 17.6. The number of benzene rings is 2. The Morgan fingerprint density at radius 1 is 1.34 bits per heavy atom. The van der Waals surface area contributed by atoms with E-state index in [0.717, 1.165) is 0 Å². The van der Waals surface area contributed by atoms with Crippen LogP contribution in [0.2, 0.25) is 5.02 Å². The first kappa shape index (κ1) is 20.8. The summed E-state index contributed by atoms with van der Waals surface area (Å²) < 4.78 is 16.7. The first-order chi connectivity index (χ1) is 13.8. The van der Waals surface area contributed by atoms with Gasteiger partial charge in [-0.15, -0.1) is 0 Å². The molecule has 2 aromatic carbocycles. The van der Waals surface area contributed by atoms with E-state index in [1.165, 1.54) is 31.4 Å². The van der Waals surface area contributed by atoms with Crippen LogP contribution in [0, 0.1) is 10.1 Å². The molecule has 0 atom stereocenters. The second-order valence-corrected chi connectivity index (χ2v) is 6.99. The van der Waals surface area contributed by atoms with Gasteiger partial charge < -0.3 is 14.2 Å². The van der Waals surface area contributed by atoms with Crippen LogP contribution >= 0.6 is 27.5 Å². The van der Waals surface area contributed by atoms with E-state index in [1.807, 2.05) is 6.92 Å². The van der Waals surface area contributed by atoms with E-state index in [0.29, 0.717) is 28.1 Å². The molecule has 1 aliphatic rings. The van der Waals surface area contributed by atoms with Gasteiger partial charge in [0.05, 0.1) is 23.1 Å². The van der Waals surface area contributed by atoms with Crippen molar-refractivity contribution in [2.75, 3.05) is 13.7 Å². The lowest BCUT2D eigenvalue weighted by Crippen LogP contribution is -2.06. The normalized spacial score (nSPS) is 14.6. The third-order valence-corrected chi connectivity index (χ3v) is 4.76. The molecule has 150 valence electrons. The van der Waals surface area contributed by atoms with E-state index in [9.17, 15) is 14.9 Å². The summed E-state index contributed by atoms with van der Waals surface area (Å²) in [5.41, 5.74) is 0.621. The summed E-state index contributed by atoms with van der Waals surface area (Å²) in [6.07, 6.45) is 1.52. The third-order valence-electron chi connectivity index (χ3n) is 3.85. The van der Waals surface area contributed by atoms with Crippen molar-refractivity contribution in [3.63, 3.8) is 0 Å². The molecule has 0 aromatic heterocycles. The maximum atomic E-state index is 12.2. The molecule has 0 amide bonds. The summed E-state index contributed by atoms with van der Waals surface area (Å²) in [6.45, 7) is 2.32. The summed E-state index contributed by atoms with van der Waals surface area (Å²) in [7, 11) is 1.51. The number of esters is 1. The fraction of sp³-hybridized carbons (Fsp3) is 0.158. The Labute approximate surface area is 179 Å². The molecule has 1 aliphatic heterocycles. The van der Waals surface area contributed by atoms with Crippen molar-refractivity contribution in [1.29, 1.82) is 0 Å². The number of carbonyl (C=O) groups excluding carboxylic acids is 1. The molecule has 0 spiro atoms. The molecule has 8 nitrogen and oxygen atoms in total. The van der Waals surface area contributed by atoms with Crippen molar-refractivity contribution < 1.29 is 23.9 Å². The molecule has 0 saturated heterocycles. The number of cyclic esters (lactones) is 1. The van der Waals surface area contributed by atoms with E-state index < -0.39 is 10.9 Å². The molecule has 10 heteroatoms. The maximum Gasteiger partial charge on any atom is 0.363 e. The number of nitro benzene ring substituents is 1. The van der Waals surface area contributed by atoms with Crippen molar-refractivity contribution in [3.05, 3.63) is 66.8 Å². The minimum atomic E-state index is -0.679. The maximum absolute atomic E-state index is 12.2. The van der Waals surface area contributed by atoms with Gasteiger partial charge >= 0.3 is 5.97 Å². The summed E-state index contributed by atoms with van der Waals surface area (Å²) in [4.78, 5) is 26.8. The molecule has 0 saturated carbocycles. The number of methoxy groups -OCH3 is 1. The standard InChI is InChI=1S/C19H14BrClN2O6/c1-3-28-17-12(20)6-10(8-16(17)27-2)7-14-19(24)29-18(22-14)11-4-5-13(21)15(9-11)23(25)26/h4-9H,3H2,1-2H3. The highest BCUT2D eigenvalue weighted by Gasteiger charge is 2.26. The second kappa shape index (κ2) is 8.62. The van der Waals surface area contributed by atoms with Crippen LogP contribution in [0.25, 0.3) is 6.08 Å². The van der Waals surface area contributed by atoms with E-state index in [2.05, 4.69) is 20.9 Å². The van der Waals surface area contributed by atoms with E-state index >= 15 is 0 Å². The summed E-state index contributed by atoms with van der Waals surface area (Å²) >= 11 is 9.23. The number of hydrogen-bond donors (Lipinski definition) is 0. The van der Waals surface area contributed by atoms with Crippen LogP contribution in [0.3, 0.4) is 0 Å². The highest BCUT2D eigenvalue weighted by molar-refractivity contribution is 9.10. The van der Waals surface area contributed by atoms with Crippen LogP contribution in [-0.4, -0.2) is 30.5 Å². The molecule has 0 bridgehead atoms. The fourth-order valence-corrected chi connectivity index (χ4v) is 3.34. The van der Waals surface area contributed by atoms with E-state index in [4.69, 9.17) is 25.8 Å². The van der Waals surface area contributed by atoms with Gasteiger partial charge in [0.25, 0.3) is 5.69 Å². The second-order valence-electron chi connectivity index (χ2n) is 5.73. The highest BCUT2D eigenvalue weighted by atomic mass is 79.9. The first-order valence-corrected chi connectivity index (χ1v) is 9.48. The number of rotatable bonds is 6. The Balaban J connectivity index is 1.98.